The molecule has 1 fully saturated rings. The Kier molecular flexibility index (Phi) is 2.99. The Bertz CT molecular complexity index is 152. The molecule has 0 spiro atoms. The van der Waals surface area contributed by atoms with Gasteiger partial charge in [0.15, 0.2) is 0 Å². The Labute approximate surface area is 72.9 Å². The summed E-state index contributed by atoms with van der Waals surface area (Å²) < 4.78 is -0.0347. The van der Waals surface area contributed by atoms with Gasteiger partial charge < -0.3 is 0 Å². The van der Waals surface area contributed by atoms with Crippen molar-refractivity contribution in [2.24, 2.45) is 0 Å². The van der Waals surface area contributed by atoms with E-state index in [1.54, 1.807) is 0 Å². The van der Waals surface area contributed by atoms with Gasteiger partial charge in [0.25, 0.3) is 0 Å². The van der Waals surface area contributed by atoms with Crippen molar-refractivity contribution in [1.82, 2.24) is 0 Å². The molecule has 0 radical (unpaired) electrons. The van der Waals surface area contributed by atoms with Gasteiger partial charge in [-0.25, -0.2) is 0 Å². The lowest BCUT2D eigenvalue weighted by atomic mass is 9.89. The minimum atomic E-state index is -0.0347. The Morgan fingerprint density at radius 1 is 1.55 bits per heavy atom. The van der Waals surface area contributed by atoms with E-state index in [1.165, 1.54) is 6.42 Å². The van der Waals surface area contributed by atoms with Crippen molar-refractivity contribution in [1.29, 1.82) is 0 Å². The van der Waals surface area contributed by atoms with Crippen molar-refractivity contribution in [3.63, 3.8) is 0 Å². The molecule has 1 nitrogen and oxygen atoms in total. The number of carbonyl (C=O) groups is 1. The van der Waals surface area contributed by atoms with Gasteiger partial charge in [0.05, 0.1) is 4.75 Å². The van der Waals surface area contributed by atoms with E-state index < -0.39 is 0 Å². The molecule has 1 aliphatic rings. The molecule has 1 aliphatic carbocycles. The van der Waals surface area contributed by atoms with Crippen molar-refractivity contribution >= 4 is 17.5 Å². The van der Waals surface area contributed by atoms with Crippen LogP contribution in [0.15, 0.2) is 0 Å². The second kappa shape index (κ2) is 3.61. The highest BCUT2D eigenvalue weighted by atomic mass is 32.2. The van der Waals surface area contributed by atoms with Crippen LogP contribution in [-0.2, 0) is 4.79 Å². The zero-order valence-electron chi connectivity index (χ0n) is 7.35. The minimum Gasteiger partial charge on any atom is -0.298 e. The molecular weight excluding hydrogens is 156 g/mol. The molecule has 0 heterocycles. The molecule has 1 unspecified atom stereocenters. The third-order valence-electron chi connectivity index (χ3n) is 2.36. The van der Waals surface area contributed by atoms with Gasteiger partial charge in [-0.2, -0.15) is 0 Å². The van der Waals surface area contributed by atoms with Gasteiger partial charge in [-0.1, -0.05) is 13.3 Å². The molecule has 0 aliphatic heterocycles. The van der Waals surface area contributed by atoms with Gasteiger partial charge in [0, 0.05) is 6.42 Å². The quantitative estimate of drug-likeness (QED) is 0.637. The summed E-state index contributed by atoms with van der Waals surface area (Å²) in [6.45, 7) is 4.22. The number of rotatable bonds is 2. The van der Waals surface area contributed by atoms with Crippen LogP contribution in [0.3, 0.4) is 0 Å². The van der Waals surface area contributed by atoms with Crippen LogP contribution < -0.4 is 0 Å². The summed E-state index contributed by atoms with van der Waals surface area (Å²) >= 11 is 1.81. The van der Waals surface area contributed by atoms with E-state index in [0.29, 0.717) is 5.78 Å². The Morgan fingerprint density at radius 2 is 2.27 bits per heavy atom. The van der Waals surface area contributed by atoms with Crippen molar-refractivity contribution in [3.05, 3.63) is 0 Å². The Hall–Kier alpha value is 0.0200. The summed E-state index contributed by atoms with van der Waals surface area (Å²) in [5, 5.41) is 0. The maximum atomic E-state index is 11.5. The molecule has 0 bridgehead atoms. The van der Waals surface area contributed by atoms with Crippen LogP contribution in [0, 0.1) is 0 Å². The van der Waals surface area contributed by atoms with Crippen LogP contribution in [0.4, 0.5) is 0 Å². The number of carbonyl (C=O) groups excluding carboxylic acids is 1. The molecule has 0 saturated heterocycles. The predicted molar refractivity (Wildman–Crippen MR) is 50.0 cm³/mol. The first-order valence-corrected chi connectivity index (χ1v) is 5.35. The molecule has 0 aromatic rings. The molecule has 1 atom stereocenters. The normalized spacial score (nSPS) is 32.4. The number of Topliss-reactive ketones (excluding diaryl/α,β-unsaturated/α-hetero) is 1. The van der Waals surface area contributed by atoms with Gasteiger partial charge >= 0.3 is 0 Å². The summed E-state index contributed by atoms with van der Waals surface area (Å²) in [5.41, 5.74) is 0. The van der Waals surface area contributed by atoms with Gasteiger partial charge in [-0.15, -0.1) is 11.8 Å². The van der Waals surface area contributed by atoms with E-state index in [-0.39, 0.29) is 4.75 Å². The van der Waals surface area contributed by atoms with Crippen molar-refractivity contribution in [3.8, 4) is 0 Å². The standard InChI is InChI=1S/C9H16OS/c1-3-11-9(2)7-5-4-6-8(9)10/h3-7H2,1-2H3. The summed E-state index contributed by atoms with van der Waals surface area (Å²) in [7, 11) is 0. The van der Waals surface area contributed by atoms with Crippen LogP contribution in [-0.4, -0.2) is 16.3 Å². The maximum absolute atomic E-state index is 11.5. The fourth-order valence-electron chi connectivity index (χ4n) is 1.62. The highest BCUT2D eigenvalue weighted by molar-refractivity contribution is 8.01. The molecule has 64 valence electrons. The summed E-state index contributed by atoms with van der Waals surface area (Å²) in [6.07, 6.45) is 4.24. The molecule has 11 heavy (non-hydrogen) atoms. The smallest absolute Gasteiger partial charge is 0.148 e. The Balaban J connectivity index is 2.57. The van der Waals surface area contributed by atoms with E-state index in [4.69, 9.17) is 0 Å². The first kappa shape index (κ1) is 9.11. The Morgan fingerprint density at radius 3 is 2.82 bits per heavy atom. The third-order valence-corrected chi connectivity index (χ3v) is 3.72. The van der Waals surface area contributed by atoms with Crippen LogP contribution in [0.2, 0.25) is 0 Å². The predicted octanol–water partition coefficient (Wildman–Crippen LogP) is 2.64. The van der Waals surface area contributed by atoms with E-state index >= 15 is 0 Å². The molecule has 0 aromatic carbocycles. The molecule has 0 amide bonds. The maximum Gasteiger partial charge on any atom is 0.148 e. The lowest BCUT2D eigenvalue weighted by molar-refractivity contribution is -0.122. The van der Waals surface area contributed by atoms with E-state index in [1.807, 2.05) is 11.8 Å². The van der Waals surface area contributed by atoms with Crippen LogP contribution in [0.5, 0.6) is 0 Å². The highest BCUT2D eigenvalue weighted by Gasteiger charge is 2.34. The fraction of sp³-hybridized carbons (Fsp3) is 0.889. The van der Waals surface area contributed by atoms with E-state index in [2.05, 4.69) is 13.8 Å². The monoisotopic (exact) mass is 172 g/mol. The van der Waals surface area contributed by atoms with Crippen molar-refractivity contribution in [2.75, 3.05) is 5.75 Å². The SMILES string of the molecule is CCSC1(C)CCCCC1=O. The molecule has 0 N–H and O–H groups in total. The van der Waals surface area contributed by atoms with Crippen LogP contribution in [0.25, 0.3) is 0 Å². The van der Waals surface area contributed by atoms with Crippen molar-refractivity contribution in [2.45, 2.75) is 44.3 Å². The first-order chi connectivity index (χ1) is 5.19. The largest absolute Gasteiger partial charge is 0.298 e. The molecule has 2 heteroatoms. The zero-order valence-corrected chi connectivity index (χ0v) is 8.17. The number of ketones is 1. The first-order valence-electron chi connectivity index (χ1n) is 4.36. The highest BCUT2D eigenvalue weighted by Crippen LogP contribution is 2.36. The summed E-state index contributed by atoms with van der Waals surface area (Å²) in [4.78, 5) is 11.5. The lowest BCUT2D eigenvalue weighted by Gasteiger charge is -2.30. The van der Waals surface area contributed by atoms with Gasteiger partial charge in [0.2, 0.25) is 0 Å². The van der Waals surface area contributed by atoms with Gasteiger partial charge in [-0.3, -0.25) is 4.79 Å². The third kappa shape index (κ3) is 1.98. The average Bonchev–Trinajstić information content (AvgIpc) is 1.96. The molecule has 1 saturated carbocycles. The van der Waals surface area contributed by atoms with E-state index in [0.717, 1.165) is 25.0 Å². The summed E-state index contributed by atoms with van der Waals surface area (Å²) in [6, 6.07) is 0. The van der Waals surface area contributed by atoms with Crippen LogP contribution >= 0.6 is 11.8 Å². The minimum absolute atomic E-state index is 0.0347. The topological polar surface area (TPSA) is 17.1 Å². The molecule has 0 aromatic heterocycles. The zero-order chi connectivity index (χ0) is 8.32. The number of hydrogen-bond donors (Lipinski definition) is 0. The second-order valence-corrected chi connectivity index (χ2v) is 5.06. The lowest BCUT2D eigenvalue weighted by Crippen LogP contribution is -2.34. The van der Waals surface area contributed by atoms with Crippen molar-refractivity contribution < 1.29 is 4.79 Å². The molecule has 1 rings (SSSR count). The number of thioether (sulfide) groups is 1. The second-order valence-electron chi connectivity index (χ2n) is 3.29. The van der Waals surface area contributed by atoms with E-state index in [9.17, 15) is 4.79 Å². The van der Waals surface area contributed by atoms with Gasteiger partial charge in [-0.05, 0) is 25.5 Å². The fourth-order valence-corrected chi connectivity index (χ4v) is 2.81. The average molecular weight is 172 g/mol. The van der Waals surface area contributed by atoms with Gasteiger partial charge in [0.1, 0.15) is 5.78 Å². The summed E-state index contributed by atoms with van der Waals surface area (Å²) in [5.74, 6) is 1.53. The number of hydrogen-bond acceptors (Lipinski definition) is 2. The molecular formula is C9H16OS. The van der Waals surface area contributed by atoms with Crippen LogP contribution in [0.1, 0.15) is 39.5 Å².